The molecule has 256 valence electrons. The first kappa shape index (κ1) is 31.2. The highest BCUT2D eigenvalue weighted by Crippen LogP contribution is 2.43. The summed E-state index contributed by atoms with van der Waals surface area (Å²) in [6.45, 7) is 0. The second-order valence-corrected chi connectivity index (χ2v) is 14.2. The molecule has 0 fully saturated rings. The summed E-state index contributed by atoms with van der Waals surface area (Å²) in [5, 5.41) is 8.26. The van der Waals surface area contributed by atoms with E-state index in [4.69, 9.17) is 9.97 Å². The van der Waals surface area contributed by atoms with E-state index in [1.54, 1.807) is 0 Å². The van der Waals surface area contributed by atoms with Crippen LogP contribution in [0.15, 0.2) is 200 Å². The minimum atomic E-state index is 0.916. The summed E-state index contributed by atoms with van der Waals surface area (Å²) in [6.07, 6.45) is 0. The number of pyridine rings is 1. The van der Waals surface area contributed by atoms with Gasteiger partial charge in [-0.1, -0.05) is 164 Å². The molecule has 11 aromatic rings. The zero-order valence-electron chi connectivity index (χ0n) is 29.9. The van der Waals surface area contributed by atoms with E-state index in [9.17, 15) is 0 Å². The fourth-order valence-electron chi connectivity index (χ4n) is 8.43. The molecule has 3 nitrogen and oxygen atoms in total. The molecule has 0 aliphatic carbocycles. The molecule has 0 amide bonds. The van der Waals surface area contributed by atoms with Gasteiger partial charge in [-0.25, -0.2) is 9.97 Å². The van der Waals surface area contributed by atoms with E-state index in [0.717, 1.165) is 66.8 Å². The lowest BCUT2D eigenvalue weighted by molar-refractivity contribution is 1.10. The van der Waals surface area contributed by atoms with Crippen LogP contribution in [0.1, 0.15) is 0 Å². The van der Waals surface area contributed by atoms with Gasteiger partial charge in [0.15, 0.2) is 0 Å². The van der Waals surface area contributed by atoms with Gasteiger partial charge in [-0.3, -0.25) is 4.57 Å². The SMILES string of the molecule is c1ccc(-c2nc3cc(-c4cc(-c5cccc6ccccc56)nc5c4cc(-c4cccc6ccccc46)c4ccccc45)ccc3n2-c2ccccc2)cc1. The van der Waals surface area contributed by atoms with Crippen LogP contribution in [0.2, 0.25) is 0 Å². The van der Waals surface area contributed by atoms with Gasteiger partial charge in [-0.05, 0) is 85.6 Å². The average Bonchev–Trinajstić information content (AvgIpc) is 3.65. The van der Waals surface area contributed by atoms with E-state index in [1.807, 2.05) is 0 Å². The quantitative estimate of drug-likeness (QED) is 0.167. The van der Waals surface area contributed by atoms with Gasteiger partial charge in [0, 0.05) is 27.6 Å². The Balaban J connectivity index is 1.23. The Morgan fingerprint density at radius 2 is 0.945 bits per heavy atom. The van der Waals surface area contributed by atoms with Gasteiger partial charge in [-0.2, -0.15) is 0 Å². The molecular weight excluding hydrogens is 667 g/mol. The molecule has 0 bridgehead atoms. The predicted molar refractivity (Wildman–Crippen MR) is 231 cm³/mol. The van der Waals surface area contributed by atoms with E-state index in [2.05, 4.69) is 205 Å². The van der Waals surface area contributed by atoms with Gasteiger partial charge in [-0.15, -0.1) is 0 Å². The van der Waals surface area contributed by atoms with Crippen LogP contribution in [0.5, 0.6) is 0 Å². The van der Waals surface area contributed by atoms with Gasteiger partial charge < -0.3 is 0 Å². The van der Waals surface area contributed by atoms with Gasteiger partial charge in [0.05, 0.1) is 22.2 Å². The summed E-state index contributed by atoms with van der Waals surface area (Å²) in [6, 6.07) is 71.5. The second-order valence-electron chi connectivity index (χ2n) is 14.2. The summed E-state index contributed by atoms with van der Waals surface area (Å²) < 4.78 is 2.27. The van der Waals surface area contributed by atoms with Crippen LogP contribution in [0, 0.1) is 0 Å². The van der Waals surface area contributed by atoms with Crippen LogP contribution < -0.4 is 0 Å². The summed E-state index contributed by atoms with van der Waals surface area (Å²) in [5.41, 5.74) is 11.8. The van der Waals surface area contributed by atoms with Crippen LogP contribution in [0.25, 0.3) is 105 Å². The summed E-state index contributed by atoms with van der Waals surface area (Å²) in [4.78, 5) is 10.9. The number of para-hydroxylation sites is 1. The molecular formula is C52H33N3. The molecule has 0 spiro atoms. The second kappa shape index (κ2) is 12.6. The maximum absolute atomic E-state index is 5.55. The van der Waals surface area contributed by atoms with Crippen LogP contribution >= 0.6 is 0 Å². The van der Waals surface area contributed by atoms with Gasteiger partial charge >= 0.3 is 0 Å². The predicted octanol–water partition coefficient (Wildman–Crippen LogP) is 13.7. The average molecular weight is 700 g/mol. The summed E-state index contributed by atoms with van der Waals surface area (Å²) in [7, 11) is 0. The molecule has 55 heavy (non-hydrogen) atoms. The minimum Gasteiger partial charge on any atom is -0.292 e. The number of hydrogen-bond donors (Lipinski definition) is 0. The number of rotatable bonds is 5. The third-order valence-corrected chi connectivity index (χ3v) is 11.0. The van der Waals surface area contributed by atoms with Crippen molar-refractivity contribution in [3.63, 3.8) is 0 Å². The van der Waals surface area contributed by atoms with Crippen LogP contribution in [-0.2, 0) is 0 Å². The molecule has 2 heterocycles. The molecule has 0 atom stereocenters. The third-order valence-electron chi connectivity index (χ3n) is 11.0. The van der Waals surface area contributed by atoms with Crippen molar-refractivity contribution in [3.8, 4) is 50.6 Å². The standard InChI is InChI=1S/C52H33N3/c1-3-17-36(18-4-1)52-54-49-31-37(29-30-50(49)55(52)38-21-5-2-6-22-38)45-33-48(43-28-14-20-35-16-8-10-24-40(35)43)53-51-44-26-12-11-25-42(44)46(32-47(45)51)41-27-13-19-34-15-7-9-23-39(34)41/h1-33H. The largest absolute Gasteiger partial charge is 0.292 e. The Labute approximate surface area is 318 Å². The Morgan fingerprint density at radius 1 is 0.345 bits per heavy atom. The fourth-order valence-corrected chi connectivity index (χ4v) is 8.43. The smallest absolute Gasteiger partial charge is 0.145 e. The first-order valence-corrected chi connectivity index (χ1v) is 18.7. The van der Waals surface area contributed by atoms with E-state index in [1.165, 1.54) is 38.1 Å². The molecule has 0 N–H and O–H groups in total. The van der Waals surface area contributed by atoms with Crippen molar-refractivity contribution >= 4 is 54.3 Å². The van der Waals surface area contributed by atoms with Gasteiger partial charge in [0.1, 0.15) is 5.82 Å². The molecule has 9 aromatic carbocycles. The normalized spacial score (nSPS) is 11.6. The Kier molecular flexibility index (Phi) is 7.17. The Morgan fingerprint density at radius 3 is 1.69 bits per heavy atom. The van der Waals surface area contributed by atoms with Crippen molar-refractivity contribution in [3.05, 3.63) is 200 Å². The van der Waals surface area contributed by atoms with E-state index >= 15 is 0 Å². The maximum Gasteiger partial charge on any atom is 0.145 e. The zero-order valence-corrected chi connectivity index (χ0v) is 29.9. The maximum atomic E-state index is 5.55. The molecule has 0 saturated carbocycles. The highest BCUT2D eigenvalue weighted by Gasteiger charge is 2.20. The molecule has 11 rings (SSSR count). The van der Waals surface area contributed by atoms with Crippen LogP contribution in [0.4, 0.5) is 0 Å². The van der Waals surface area contributed by atoms with Crippen molar-refractivity contribution in [1.29, 1.82) is 0 Å². The van der Waals surface area contributed by atoms with Crippen molar-refractivity contribution in [2.24, 2.45) is 0 Å². The molecule has 0 unspecified atom stereocenters. The highest BCUT2D eigenvalue weighted by atomic mass is 15.1. The molecule has 0 aliphatic heterocycles. The molecule has 2 aromatic heterocycles. The van der Waals surface area contributed by atoms with E-state index in [-0.39, 0.29) is 0 Å². The van der Waals surface area contributed by atoms with Crippen molar-refractivity contribution in [2.45, 2.75) is 0 Å². The van der Waals surface area contributed by atoms with E-state index in [0.29, 0.717) is 0 Å². The number of fused-ring (bicyclic) bond motifs is 6. The number of aromatic nitrogens is 3. The number of imidazole rings is 1. The highest BCUT2D eigenvalue weighted by molar-refractivity contribution is 6.18. The Bertz CT molecular complexity index is 3240. The molecule has 3 heteroatoms. The lowest BCUT2D eigenvalue weighted by atomic mass is 9.89. The first-order chi connectivity index (χ1) is 27.3. The lowest BCUT2D eigenvalue weighted by Crippen LogP contribution is -1.97. The Hall–Kier alpha value is -7.36. The number of hydrogen-bond acceptors (Lipinski definition) is 2. The third kappa shape index (κ3) is 5.13. The van der Waals surface area contributed by atoms with E-state index < -0.39 is 0 Å². The first-order valence-electron chi connectivity index (χ1n) is 18.7. The lowest BCUT2D eigenvalue weighted by Gasteiger charge is -2.17. The summed E-state index contributed by atoms with van der Waals surface area (Å²) in [5.74, 6) is 0.916. The minimum absolute atomic E-state index is 0.916. The zero-order chi connectivity index (χ0) is 36.3. The van der Waals surface area contributed by atoms with Crippen LogP contribution in [-0.4, -0.2) is 14.5 Å². The van der Waals surface area contributed by atoms with Crippen molar-refractivity contribution in [1.82, 2.24) is 14.5 Å². The molecule has 0 radical (unpaired) electrons. The monoisotopic (exact) mass is 699 g/mol. The number of nitrogens with zero attached hydrogens (tertiary/aromatic N) is 3. The summed E-state index contributed by atoms with van der Waals surface area (Å²) >= 11 is 0. The van der Waals surface area contributed by atoms with Crippen molar-refractivity contribution in [2.75, 3.05) is 0 Å². The van der Waals surface area contributed by atoms with Gasteiger partial charge in [0.2, 0.25) is 0 Å². The topological polar surface area (TPSA) is 30.7 Å². The van der Waals surface area contributed by atoms with Crippen molar-refractivity contribution < 1.29 is 0 Å². The fraction of sp³-hybridized carbons (Fsp3) is 0. The van der Waals surface area contributed by atoms with Crippen LogP contribution in [0.3, 0.4) is 0 Å². The van der Waals surface area contributed by atoms with Gasteiger partial charge in [0.25, 0.3) is 0 Å². The number of benzene rings is 9. The molecule has 0 aliphatic rings. The molecule has 0 saturated heterocycles.